The first-order chi connectivity index (χ1) is 60.9. The second-order valence-electron chi connectivity index (χ2n) is 28.1. The number of carbonyl (C=O) groups is 13. The molecule has 55 heteroatoms. The summed E-state index contributed by atoms with van der Waals surface area (Å²) in [7, 11) is 4.79. The van der Waals surface area contributed by atoms with E-state index < -0.39 is 236 Å². The van der Waals surface area contributed by atoms with Gasteiger partial charge in [0.05, 0.1) is 41.8 Å². The fourth-order valence-electron chi connectivity index (χ4n) is 11.2. The number of carbonyl (C=O) groups excluding carboxylic acids is 14. The lowest BCUT2D eigenvalue weighted by molar-refractivity contribution is -0.289. The molecule has 0 radical (unpaired) electrons. The number of carboxylic acids is 5. The van der Waals surface area contributed by atoms with E-state index in [0.717, 1.165) is 13.2 Å². The van der Waals surface area contributed by atoms with Crippen LogP contribution < -0.4 is 42.5 Å². The molecule has 0 aromatic carbocycles. The Morgan fingerprint density at radius 3 is 0.669 bits per heavy atom. The summed E-state index contributed by atoms with van der Waals surface area (Å²) >= 11 is 6.30. The lowest BCUT2D eigenvalue weighted by atomic mass is 9.87. The third kappa shape index (κ3) is 48.1. The number of aliphatic hydroxyl groups is 13. The van der Waals surface area contributed by atoms with Crippen LogP contribution >= 0.6 is 58.8 Å². The van der Waals surface area contributed by atoms with Gasteiger partial charge >= 0.3 is 48.3 Å². The first-order valence-corrected chi connectivity index (χ1v) is 46.6. The number of aliphatic hydroxyl groups excluding tert-OH is 13. The molecule has 5 saturated heterocycles. The van der Waals surface area contributed by atoms with Crippen LogP contribution in [0.2, 0.25) is 0 Å². The molecule has 0 aromatic heterocycles. The molecule has 26 N–H and O–H groups in total. The van der Waals surface area contributed by atoms with E-state index in [-0.39, 0.29) is 97.0 Å². The highest BCUT2D eigenvalue weighted by Gasteiger charge is 2.53. The maximum atomic E-state index is 12.6. The number of aliphatic carboxylic acids is 5. The molecule has 5 fully saturated rings. The van der Waals surface area contributed by atoms with Gasteiger partial charge in [-0.3, -0.25) is 38.4 Å². The molecule has 0 bridgehead atoms. The van der Waals surface area contributed by atoms with Crippen molar-refractivity contribution in [1.82, 2.24) is 42.5 Å². The number of hydrogen-bond donors (Lipinski definition) is 26. The van der Waals surface area contributed by atoms with E-state index in [0.29, 0.717) is 5.75 Å². The number of hydrogen-bond acceptors (Lipinski definition) is 45. The highest BCUT2D eigenvalue weighted by Crippen LogP contribution is 2.33. The van der Waals surface area contributed by atoms with Gasteiger partial charge < -0.3 is 158 Å². The van der Waals surface area contributed by atoms with Gasteiger partial charge in [-0.15, -0.1) is 0 Å². The molecule has 5 heterocycles. The van der Waals surface area contributed by atoms with E-state index in [2.05, 4.69) is 42.5 Å². The summed E-state index contributed by atoms with van der Waals surface area (Å²) in [5, 5.41) is 191. The summed E-state index contributed by atoms with van der Waals surface area (Å²) in [4.78, 5) is 202. The Morgan fingerprint density at radius 1 is 0.323 bits per heavy atom. The molecule has 14 unspecified atom stereocenters. The average molecular weight is 1980 g/mol. The Balaban J connectivity index is -0.000000482. The van der Waals surface area contributed by atoms with Crippen molar-refractivity contribution >= 4 is 154 Å². The zero-order chi connectivity index (χ0) is 102. The van der Waals surface area contributed by atoms with Crippen LogP contribution in [0, 0.1) is 29.6 Å². The van der Waals surface area contributed by atoms with Crippen molar-refractivity contribution in [3.8, 4) is 0 Å². The summed E-state index contributed by atoms with van der Waals surface area (Å²) in [6.07, 6.45) is -15.7. The summed E-state index contributed by atoms with van der Waals surface area (Å²) in [6.45, 7) is 15.8. The minimum atomic E-state index is -1.75. The van der Waals surface area contributed by atoms with Crippen molar-refractivity contribution < 1.29 is 207 Å². The van der Waals surface area contributed by atoms with Crippen LogP contribution in [0.15, 0.2) is 0 Å². The zero-order valence-corrected chi connectivity index (χ0v) is 78.5. The molecule has 752 valence electrons. The second kappa shape index (κ2) is 73.2. The van der Waals surface area contributed by atoms with Gasteiger partial charge in [-0.25, -0.2) is 24.0 Å². The average Bonchev–Trinajstić information content (AvgIpc) is 1.26. The molecule has 0 saturated carbocycles. The topological polar surface area (TPSA) is 831 Å². The highest BCUT2D eigenvalue weighted by molar-refractivity contribution is 7.99. The van der Waals surface area contributed by atoms with Crippen LogP contribution in [-0.4, -0.2) is 434 Å². The maximum Gasteiger partial charge on any atom is 0.373 e. The Hall–Kier alpha value is -7.24. The first-order valence-electron chi connectivity index (χ1n) is 39.6. The lowest BCUT2D eigenvalue weighted by Crippen LogP contribution is -2.61. The normalized spacial score (nSPS) is 25.9. The number of thioether (sulfide) groups is 5. The second-order valence-corrected chi connectivity index (χ2v) is 32.6. The summed E-state index contributed by atoms with van der Waals surface area (Å²) in [5.41, 5.74) is 0. The van der Waals surface area contributed by atoms with Crippen LogP contribution in [0.4, 0.5) is 0 Å². The number of Topliss-reactive ketones (excluding diaryl/α,β-unsaturated/α-hetero) is 3. The van der Waals surface area contributed by atoms with Crippen molar-refractivity contribution in [2.45, 2.75) is 247 Å². The fourth-order valence-corrected chi connectivity index (χ4v) is 14.0. The number of carboxylic acid groups (broad SMARTS) is 5. The van der Waals surface area contributed by atoms with Crippen LogP contribution in [0.3, 0.4) is 0 Å². The van der Waals surface area contributed by atoms with Crippen molar-refractivity contribution in [3.05, 3.63) is 0 Å². The van der Waals surface area contributed by atoms with Gasteiger partial charge in [0, 0.05) is 67.2 Å². The van der Waals surface area contributed by atoms with E-state index in [1.807, 2.05) is 13.8 Å². The molecule has 5 amide bonds. The van der Waals surface area contributed by atoms with E-state index in [4.69, 9.17) is 67.8 Å². The lowest BCUT2D eigenvalue weighted by Gasteiger charge is -2.41. The molecule has 130 heavy (non-hydrogen) atoms. The summed E-state index contributed by atoms with van der Waals surface area (Å²) in [5.74, 6) is -14.0. The standard InChI is InChI=1S/2C15H26N2O8S.C13H23NO8S.C12H22N2O4S.C12H21NO7S.C3H6O.C2H6.3CO2/c2*1-6(16-2)9(18)4-7(12-10(19)11(20)15(24)25-12)13(21)17-8(5-26-3)14(22)23;1-3-5(11(18)14-6(4-23-2)12(19)20)10-8(16)7(15)9(17)13(21)22-10;1-7(5-10(15)8(2)13-3)11(16)14-9(6-19-4)12(17)18;1-3-5(9-7(14)8(15)12(19)20-9)10(16)13-6(4-21-2)11(17)18;1-2-4-3-1;1-2;3*2-1-3/h2*6-8,10-12,15-16,19-20,24H,4-5H2,1-3H3,(H,17,21)(H,22,23);5-10,13,15-17,21H,3-4H2,1-2H3,(H,14,18)(H,19,20);7-9,13H,5-6H2,1-4H3,(H,14,16)(H,17,18);5-9,12,14-15,19H,3-4H2,1-2H3,(H,13,16)(H,17,18);1-3H2;1-2H3;;;/t6-,7?,8-,10?,11?,12?,15?;6-,7+,8-,10+,11+,12?,15-;5?,6-,7?,8?,9?,10?,13?;7?,8-,9-;5-,6+,7-,8-,9?,12+;;;;;/m00001...../s1. The Morgan fingerprint density at radius 2 is 0.500 bits per heavy atom. The molecular formula is C75H130N8O42S5. The van der Waals surface area contributed by atoms with Crippen molar-refractivity contribution in [1.29, 1.82) is 0 Å². The number of rotatable bonds is 43. The molecule has 5 aliphatic rings. The van der Waals surface area contributed by atoms with Gasteiger partial charge in [-0.2, -0.15) is 87.6 Å². The number of nitrogens with one attached hydrogen (secondary N) is 8. The predicted octanol–water partition coefficient (Wildman–Crippen LogP) is -8.98. The highest BCUT2D eigenvalue weighted by atomic mass is 32.2. The van der Waals surface area contributed by atoms with Crippen LogP contribution in [-0.2, 0) is 115 Å². The fraction of sp³-hybridized carbons (Fsp3) is 0.787. The van der Waals surface area contributed by atoms with Crippen LogP contribution in [0.5, 0.6) is 0 Å². The number of likely N-dealkylation sites (N-methyl/N-ethyl adjacent to an activating group) is 3. The van der Waals surface area contributed by atoms with Crippen LogP contribution in [0.25, 0.3) is 0 Å². The molecule has 0 aromatic rings. The van der Waals surface area contributed by atoms with E-state index in [1.54, 1.807) is 94.0 Å². The molecule has 5 aliphatic heterocycles. The smallest absolute Gasteiger partial charge is 0.373 e. The van der Waals surface area contributed by atoms with Crippen molar-refractivity contribution in [2.24, 2.45) is 29.6 Å². The number of ether oxygens (including phenoxy) is 5. The van der Waals surface area contributed by atoms with Gasteiger partial charge in [0.1, 0.15) is 127 Å². The predicted molar refractivity (Wildman–Crippen MR) is 457 cm³/mol. The SMILES string of the molecule is C1COC1.CC.CCC(C(=O)N[C@@H](CSC)C(=O)O)C1OC(O)C(O)C(O)C1O.CC[C@@H](C(=O)N[C@@H](CSC)C(=O)O)C1O[C@H](O)[C@H](O)[C@H]1O.CN[C@@H](C)C(=O)CC(C(=O)N[C@@H](CSC)C(=O)O)C1OC(O)C(O)C1O.CN[C@@H](C)C(=O)CC(C)C(=O)N[C@@H](CSC)C(=O)O.CN[C@@H](C)C(=O)C[C@@H](C(=O)N[C@@H](CSC)C(=O)O)C1O[C@H](O)[C@H](O)[C@H]1O.O=C=O.O=C=O.O=C=O. The van der Waals surface area contributed by atoms with E-state index >= 15 is 0 Å². The molecule has 50 nitrogen and oxygen atoms in total. The number of amides is 5. The Bertz CT molecular complexity index is 3340. The Labute approximate surface area is 770 Å². The molecule has 5 rings (SSSR count). The van der Waals surface area contributed by atoms with Crippen molar-refractivity contribution in [2.75, 3.05) is 94.4 Å². The quantitative estimate of drug-likeness (QED) is 0.0270. The zero-order valence-electron chi connectivity index (χ0n) is 74.4. The van der Waals surface area contributed by atoms with E-state index in [9.17, 15) is 139 Å². The van der Waals surface area contributed by atoms with Crippen molar-refractivity contribution in [3.63, 3.8) is 0 Å². The van der Waals surface area contributed by atoms with Gasteiger partial charge in [0.15, 0.2) is 25.2 Å². The maximum absolute atomic E-state index is 12.6. The van der Waals surface area contributed by atoms with E-state index in [1.165, 1.54) is 65.2 Å². The molecule has 30 atom stereocenters. The first kappa shape index (κ1) is 131. The Kier molecular flexibility index (Phi) is 73.9. The van der Waals surface area contributed by atoms with Crippen LogP contribution in [0.1, 0.15) is 93.9 Å². The monoisotopic (exact) mass is 1970 g/mol. The minimum Gasteiger partial charge on any atom is -0.480 e. The number of ketones is 3. The minimum absolute atomic E-state index is 0.0677. The summed E-state index contributed by atoms with van der Waals surface area (Å²) in [6, 6.07) is -6.92. The van der Waals surface area contributed by atoms with Gasteiger partial charge in [0.2, 0.25) is 29.5 Å². The third-order valence-corrected chi connectivity index (χ3v) is 22.5. The molecule has 0 spiro atoms. The third-order valence-electron chi connectivity index (χ3n) is 19.1. The summed E-state index contributed by atoms with van der Waals surface area (Å²) < 4.78 is 24.9. The molecular weight excluding hydrogens is 1850 g/mol. The van der Waals surface area contributed by atoms with Gasteiger partial charge in [0.25, 0.3) is 0 Å². The van der Waals surface area contributed by atoms with Gasteiger partial charge in [-0.1, -0.05) is 34.6 Å². The largest absolute Gasteiger partial charge is 0.480 e. The molecule has 0 aliphatic carbocycles. The van der Waals surface area contributed by atoms with Gasteiger partial charge in [-0.05, 0) is 92.5 Å².